The molecule has 0 atom stereocenters. The van der Waals surface area contributed by atoms with E-state index in [-0.39, 0.29) is 16.1 Å². The van der Waals surface area contributed by atoms with Crippen molar-refractivity contribution in [1.82, 2.24) is 0 Å². The molecule has 0 aromatic heterocycles. The summed E-state index contributed by atoms with van der Waals surface area (Å²) in [5.41, 5.74) is 1.28. The van der Waals surface area contributed by atoms with E-state index < -0.39 is 20.9 Å². The van der Waals surface area contributed by atoms with Crippen molar-refractivity contribution >= 4 is 44.6 Å². The van der Waals surface area contributed by atoms with Gasteiger partial charge in [-0.2, -0.15) is 0 Å². The molecule has 10 heteroatoms. The molecule has 0 fully saturated rings. The Labute approximate surface area is 177 Å². The summed E-state index contributed by atoms with van der Waals surface area (Å²) in [7, 11) is -3.81. The largest absolute Gasteiger partial charge is 0.322 e. The minimum absolute atomic E-state index is 0.0154. The second-order valence-corrected chi connectivity index (χ2v) is 8.47. The number of hydrogen-bond acceptors (Lipinski definition) is 5. The van der Waals surface area contributed by atoms with Crippen LogP contribution >= 0.6 is 11.6 Å². The van der Waals surface area contributed by atoms with Gasteiger partial charge in [0.15, 0.2) is 0 Å². The average Bonchev–Trinajstić information content (AvgIpc) is 2.69. The molecule has 2 N–H and O–H groups in total. The van der Waals surface area contributed by atoms with Crippen molar-refractivity contribution < 1.29 is 18.1 Å². The molecule has 0 spiro atoms. The summed E-state index contributed by atoms with van der Waals surface area (Å²) >= 11 is 5.79. The van der Waals surface area contributed by atoms with Crippen molar-refractivity contribution in [2.24, 2.45) is 0 Å². The number of nitrogens with one attached hydrogen (secondary N) is 2. The Kier molecular flexibility index (Phi) is 6.04. The summed E-state index contributed by atoms with van der Waals surface area (Å²) in [5, 5.41) is 14.0. The molecule has 3 aromatic carbocycles. The highest BCUT2D eigenvalue weighted by Gasteiger charge is 2.16. The number of carbonyl (C=O) groups is 1. The number of rotatable bonds is 6. The summed E-state index contributed by atoms with van der Waals surface area (Å²) in [6, 6.07) is 15.9. The summed E-state index contributed by atoms with van der Waals surface area (Å²) in [5.74, 6) is -0.470. The van der Waals surface area contributed by atoms with Gasteiger partial charge in [-0.05, 0) is 67.6 Å². The topological polar surface area (TPSA) is 118 Å². The lowest BCUT2D eigenvalue weighted by Gasteiger charge is -2.10. The Morgan fingerprint density at radius 1 is 0.967 bits per heavy atom. The minimum atomic E-state index is -3.81. The maximum absolute atomic E-state index is 12.5. The summed E-state index contributed by atoms with van der Waals surface area (Å²) in [6.45, 7) is 1.54. The Morgan fingerprint density at radius 3 is 2.13 bits per heavy atom. The molecule has 154 valence electrons. The summed E-state index contributed by atoms with van der Waals surface area (Å²) < 4.78 is 27.4. The van der Waals surface area contributed by atoms with Gasteiger partial charge in [0.25, 0.3) is 21.6 Å². The highest BCUT2D eigenvalue weighted by Crippen LogP contribution is 2.22. The van der Waals surface area contributed by atoms with Crippen LogP contribution < -0.4 is 10.0 Å². The zero-order valence-corrected chi connectivity index (χ0v) is 17.2. The van der Waals surface area contributed by atoms with Gasteiger partial charge in [0.1, 0.15) is 0 Å². The first kappa shape index (κ1) is 21.3. The van der Waals surface area contributed by atoms with E-state index in [9.17, 15) is 23.3 Å². The monoisotopic (exact) mass is 445 g/mol. The molecule has 3 rings (SSSR count). The van der Waals surface area contributed by atoms with Crippen LogP contribution in [0.4, 0.5) is 17.1 Å². The lowest BCUT2D eigenvalue weighted by atomic mass is 10.1. The molecule has 0 bridgehead atoms. The van der Waals surface area contributed by atoms with Crippen LogP contribution in [-0.4, -0.2) is 19.2 Å². The third-order valence-corrected chi connectivity index (χ3v) is 5.82. The number of hydrogen-bond donors (Lipinski definition) is 2. The van der Waals surface area contributed by atoms with Crippen LogP contribution in [-0.2, 0) is 10.0 Å². The molecule has 0 heterocycles. The van der Waals surface area contributed by atoms with Crippen molar-refractivity contribution in [1.29, 1.82) is 0 Å². The number of carbonyl (C=O) groups excluding carboxylic acids is 1. The van der Waals surface area contributed by atoms with E-state index in [1.165, 1.54) is 42.5 Å². The first-order valence-electron chi connectivity index (χ1n) is 8.60. The quantitative estimate of drug-likeness (QED) is 0.424. The van der Waals surface area contributed by atoms with Crippen LogP contribution in [0.2, 0.25) is 5.02 Å². The van der Waals surface area contributed by atoms with Gasteiger partial charge in [-0.1, -0.05) is 11.6 Å². The number of nitro groups is 1. The maximum Gasteiger partial charge on any atom is 0.272 e. The average molecular weight is 446 g/mol. The number of amides is 1. The van der Waals surface area contributed by atoms with Gasteiger partial charge in [-0.25, -0.2) is 8.42 Å². The number of anilines is 2. The highest BCUT2D eigenvalue weighted by atomic mass is 35.5. The van der Waals surface area contributed by atoms with E-state index in [2.05, 4.69) is 10.0 Å². The van der Waals surface area contributed by atoms with Gasteiger partial charge in [-0.3, -0.25) is 19.6 Å². The van der Waals surface area contributed by atoms with E-state index in [1.807, 2.05) is 0 Å². The maximum atomic E-state index is 12.5. The molecule has 3 aromatic rings. The lowest BCUT2D eigenvalue weighted by molar-refractivity contribution is -0.385. The third kappa shape index (κ3) is 4.94. The third-order valence-electron chi connectivity index (χ3n) is 4.17. The first-order chi connectivity index (χ1) is 14.2. The summed E-state index contributed by atoms with van der Waals surface area (Å²) in [6.07, 6.45) is 0. The van der Waals surface area contributed by atoms with Crippen LogP contribution in [0.5, 0.6) is 0 Å². The van der Waals surface area contributed by atoms with Crippen LogP contribution in [0.15, 0.2) is 71.6 Å². The van der Waals surface area contributed by atoms with E-state index in [1.54, 1.807) is 31.2 Å². The molecule has 1 amide bonds. The van der Waals surface area contributed by atoms with Crippen LogP contribution in [0.3, 0.4) is 0 Å². The van der Waals surface area contributed by atoms with Crippen molar-refractivity contribution in [3.63, 3.8) is 0 Å². The summed E-state index contributed by atoms with van der Waals surface area (Å²) in [4.78, 5) is 22.8. The normalized spacial score (nSPS) is 11.0. The highest BCUT2D eigenvalue weighted by molar-refractivity contribution is 7.92. The Hall–Kier alpha value is -3.43. The fraction of sp³-hybridized carbons (Fsp3) is 0.0500. The molecule has 0 aliphatic carbocycles. The van der Waals surface area contributed by atoms with E-state index in [0.717, 1.165) is 0 Å². The number of halogens is 1. The van der Waals surface area contributed by atoms with Crippen LogP contribution in [0.25, 0.3) is 0 Å². The van der Waals surface area contributed by atoms with Gasteiger partial charge in [0.05, 0.1) is 9.82 Å². The molecule has 0 aliphatic heterocycles. The second-order valence-electron chi connectivity index (χ2n) is 6.35. The standard InChI is InChI=1S/C20H16ClN3O5S/c1-13-12-14(2-11-19(13)24(26)27)20(25)22-16-7-9-18(10-8-16)30(28,29)23-17-5-3-15(21)4-6-17/h2-12,23H,1H3,(H,22,25). The predicted octanol–water partition coefficient (Wildman–Crippen LogP) is 4.61. The van der Waals surface area contributed by atoms with Crippen LogP contribution in [0.1, 0.15) is 15.9 Å². The van der Waals surface area contributed by atoms with Gasteiger partial charge in [-0.15, -0.1) is 0 Å². The minimum Gasteiger partial charge on any atom is -0.322 e. The molecule has 0 radical (unpaired) electrons. The van der Waals surface area contributed by atoms with Crippen molar-refractivity contribution in [2.45, 2.75) is 11.8 Å². The van der Waals surface area contributed by atoms with Crippen molar-refractivity contribution in [3.8, 4) is 0 Å². The Bertz CT molecular complexity index is 1210. The van der Waals surface area contributed by atoms with E-state index >= 15 is 0 Å². The lowest BCUT2D eigenvalue weighted by Crippen LogP contribution is -2.14. The van der Waals surface area contributed by atoms with Gasteiger partial charge >= 0.3 is 0 Å². The number of nitrogens with zero attached hydrogens (tertiary/aromatic N) is 1. The number of nitro benzene ring substituents is 1. The zero-order chi connectivity index (χ0) is 21.9. The molecule has 30 heavy (non-hydrogen) atoms. The van der Waals surface area contributed by atoms with Gasteiger partial charge < -0.3 is 5.32 Å². The molecule has 0 aliphatic rings. The molecule has 0 saturated heterocycles. The van der Waals surface area contributed by atoms with Gasteiger partial charge in [0, 0.05) is 33.6 Å². The molecule has 8 nitrogen and oxygen atoms in total. The van der Waals surface area contributed by atoms with Crippen molar-refractivity contribution in [2.75, 3.05) is 10.0 Å². The zero-order valence-electron chi connectivity index (χ0n) is 15.6. The number of aryl methyl sites for hydroxylation is 1. The smallest absolute Gasteiger partial charge is 0.272 e. The molecular weight excluding hydrogens is 430 g/mol. The molecular formula is C20H16ClN3O5S. The fourth-order valence-corrected chi connectivity index (χ4v) is 3.84. The fourth-order valence-electron chi connectivity index (χ4n) is 2.65. The van der Waals surface area contributed by atoms with E-state index in [4.69, 9.17) is 11.6 Å². The van der Waals surface area contributed by atoms with Crippen molar-refractivity contribution in [3.05, 3.63) is 93.0 Å². The molecule has 0 unspecified atom stereocenters. The SMILES string of the molecule is Cc1cc(C(=O)Nc2ccc(S(=O)(=O)Nc3ccc(Cl)cc3)cc2)ccc1[N+](=O)[O-]. The van der Waals surface area contributed by atoms with Gasteiger partial charge in [0.2, 0.25) is 0 Å². The number of benzene rings is 3. The Balaban J connectivity index is 1.72. The number of sulfonamides is 1. The van der Waals surface area contributed by atoms with Crippen LogP contribution in [0, 0.1) is 17.0 Å². The predicted molar refractivity (Wildman–Crippen MR) is 114 cm³/mol. The molecule has 0 saturated carbocycles. The second kappa shape index (κ2) is 8.52. The first-order valence-corrected chi connectivity index (χ1v) is 10.5. The van der Waals surface area contributed by atoms with E-state index in [0.29, 0.717) is 22.0 Å². The Morgan fingerprint density at radius 2 is 1.57 bits per heavy atom.